The normalized spacial score (nSPS) is 11.1. The van der Waals surface area contributed by atoms with Crippen molar-refractivity contribution in [3.05, 3.63) is 54.4 Å². The third-order valence-corrected chi connectivity index (χ3v) is 3.97. The van der Waals surface area contributed by atoms with E-state index in [2.05, 4.69) is 29.3 Å². The summed E-state index contributed by atoms with van der Waals surface area (Å²) >= 11 is 0. The van der Waals surface area contributed by atoms with E-state index in [0.29, 0.717) is 5.69 Å². The molecule has 1 aromatic carbocycles. The van der Waals surface area contributed by atoms with Crippen LogP contribution in [0.3, 0.4) is 0 Å². The quantitative estimate of drug-likeness (QED) is 0.363. The lowest BCUT2D eigenvalue weighted by Gasteiger charge is -2.21. The summed E-state index contributed by atoms with van der Waals surface area (Å²) in [5.41, 5.74) is 5.79. The molecule has 6 nitrogen and oxygen atoms in total. The number of hydrogen-bond donors (Lipinski definition) is 1. The number of esters is 1. The van der Waals surface area contributed by atoms with Gasteiger partial charge in [0.15, 0.2) is 6.20 Å². The molecule has 2 aromatic rings. The van der Waals surface area contributed by atoms with Gasteiger partial charge in [-0.3, -0.25) is 5.43 Å². The van der Waals surface area contributed by atoms with Crippen LogP contribution in [0.15, 0.2) is 53.8 Å². The molecule has 1 N–H and O–H groups in total. The van der Waals surface area contributed by atoms with E-state index in [9.17, 15) is 4.79 Å². The number of hydrazone groups is 1. The second-order valence-corrected chi connectivity index (χ2v) is 5.48. The Kier molecular flexibility index (Phi) is 6.51. The number of rotatable bonds is 7. The Morgan fingerprint density at radius 2 is 1.84 bits per heavy atom. The fourth-order valence-electron chi connectivity index (χ4n) is 2.53. The van der Waals surface area contributed by atoms with Crippen LogP contribution in [0.5, 0.6) is 0 Å². The number of methoxy groups -OCH3 is 1. The second-order valence-electron chi connectivity index (χ2n) is 5.48. The number of aryl methyl sites for hydroxylation is 1. The highest BCUT2D eigenvalue weighted by Crippen LogP contribution is 2.17. The first kappa shape index (κ1) is 18.4. The Morgan fingerprint density at radius 3 is 2.40 bits per heavy atom. The lowest BCUT2D eigenvalue weighted by molar-refractivity contribution is -0.672. The third-order valence-electron chi connectivity index (χ3n) is 3.97. The number of carbonyl (C=O) groups excluding carboxylic acids is 1. The predicted molar refractivity (Wildman–Crippen MR) is 99.8 cm³/mol. The van der Waals surface area contributed by atoms with Crippen molar-refractivity contribution in [1.29, 1.82) is 0 Å². The molecule has 1 aromatic heterocycles. The average Bonchev–Trinajstić information content (AvgIpc) is 2.65. The zero-order valence-corrected chi connectivity index (χ0v) is 15.2. The van der Waals surface area contributed by atoms with E-state index in [0.717, 1.165) is 24.5 Å². The first-order valence-corrected chi connectivity index (χ1v) is 8.32. The van der Waals surface area contributed by atoms with Crippen LogP contribution < -0.4 is 14.9 Å². The summed E-state index contributed by atoms with van der Waals surface area (Å²) in [6.07, 6.45) is 1.85. The summed E-state index contributed by atoms with van der Waals surface area (Å²) < 4.78 is 6.68. The first-order chi connectivity index (χ1) is 12.1. The van der Waals surface area contributed by atoms with Gasteiger partial charge in [0.2, 0.25) is 11.4 Å². The summed E-state index contributed by atoms with van der Waals surface area (Å²) in [6, 6.07) is 13.5. The van der Waals surface area contributed by atoms with Gasteiger partial charge in [0.25, 0.3) is 0 Å². The highest BCUT2D eigenvalue weighted by atomic mass is 16.5. The van der Waals surface area contributed by atoms with E-state index in [1.165, 1.54) is 7.11 Å². The van der Waals surface area contributed by atoms with Gasteiger partial charge in [-0.25, -0.2) is 4.79 Å². The van der Waals surface area contributed by atoms with Gasteiger partial charge in [-0.15, -0.1) is 0 Å². The maximum Gasteiger partial charge on any atom is 0.365 e. The summed E-state index contributed by atoms with van der Waals surface area (Å²) in [7, 11) is 3.20. The molecular weight excluding hydrogens is 316 g/mol. The molecule has 0 aliphatic heterocycles. The van der Waals surface area contributed by atoms with Gasteiger partial charge >= 0.3 is 5.97 Å². The monoisotopic (exact) mass is 341 g/mol. The van der Waals surface area contributed by atoms with Gasteiger partial charge in [0.05, 0.1) is 12.8 Å². The molecule has 0 saturated carbocycles. The highest BCUT2D eigenvalue weighted by Gasteiger charge is 2.22. The van der Waals surface area contributed by atoms with E-state index in [1.807, 2.05) is 60.3 Å². The number of benzene rings is 1. The first-order valence-electron chi connectivity index (χ1n) is 8.32. The van der Waals surface area contributed by atoms with Crippen LogP contribution >= 0.6 is 0 Å². The Balaban J connectivity index is 2.24. The molecule has 1 heterocycles. The fraction of sp³-hybridized carbons (Fsp3) is 0.316. The molecular formula is C19H25N4O2+. The Morgan fingerprint density at radius 1 is 1.16 bits per heavy atom. The molecule has 0 radical (unpaired) electrons. The Hall–Kier alpha value is -2.89. The molecule has 0 fully saturated rings. The average molecular weight is 341 g/mol. The molecule has 0 atom stereocenters. The molecule has 132 valence electrons. The van der Waals surface area contributed by atoms with Crippen LogP contribution in [0.4, 0.5) is 11.4 Å². The van der Waals surface area contributed by atoms with Crippen LogP contribution in [0.2, 0.25) is 0 Å². The van der Waals surface area contributed by atoms with Gasteiger partial charge in [0.1, 0.15) is 7.05 Å². The molecule has 0 amide bonds. The van der Waals surface area contributed by atoms with E-state index in [-0.39, 0.29) is 5.71 Å². The lowest BCUT2D eigenvalue weighted by atomic mass is 10.2. The molecule has 0 aliphatic carbocycles. The lowest BCUT2D eigenvalue weighted by Crippen LogP contribution is -2.38. The zero-order chi connectivity index (χ0) is 18.2. The number of anilines is 2. The molecule has 0 bridgehead atoms. The molecule has 0 aliphatic rings. The minimum absolute atomic E-state index is 0.221. The second kappa shape index (κ2) is 8.82. The van der Waals surface area contributed by atoms with Crippen LogP contribution in [-0.4, -0.2) is 31.9 Å². The van der Waals surface area contributed by atoms with Gasteiger partial charge in [-0.2, -0.15) is 9.67 Å². The van der Waals surface area contributed by atoms with Crippen molar-refractivity contribution in [2.24, 2.45) is 12.1 Å². The minimum Gasteiger partial charge on any atom is -0.464 e. The SMILES string of the molecule is CCN(CC)c1ccc(N/N=C(\C(=O)OC)c2cccc[n+]2C)cc1. The van der Waals surface area contributed by atoms with E-state index in [1.54, 1.807) is 0 Å². The van der Waals surface area contributed by atoms with Crippen molar-refractivity contribution < 1.29 is 14.1 Å². The van der Waals surface area contributed by atoms with Crippen LogP contribution in [0.25, 0.3) is 0 Å². The van der Waals surface area contributed by atoms with Gasteiger partial charge in [-0.1, -0.05) is 0 Å². The minimum atomic E-state index is -0.492. The summed E-state index contributed by atoms with van der Waals surface area (Å²) in [5, 5.41) is 4.27. The van der Waals surface area contributed by atoms with Gasteiger partial charge in [-0.05, 0) is 44.2 Å². The number of nitrogens with zero attached hydrogens (tertiary/aromatic N) is 3. The van der Waals surface area contributed by atoms with Crippen LogP contribution in [-0.2, 0) is 16.6 Å². The van der Waals surface area contributed by atoms with Gasteiger partial charge in [0, 0.05) is 30.9 Å². The molecule has 25 heavy (non-hydrogen) atoms. The van der Waals surface area contributed by atoms with Gasteiger partial charge < -0.3 is 9.64 Å². The Labute approximate surface area is 148 Å². The van der Waals surface area contributed by atoms with Crippen LogP contribution in [0.1, 0.15) is 19.5 Å². The summed E-state index contributed by atoms with van der Waals surface area (Å²) in [4.78, 5) is 14.4. The predicted octanol–water partition coefficient (Wildman–Crippen LogP) is 2.35. The number of aromatic nitrogens is 1. The zero-order valence-electron chi connectivity index (χ0n) is 15.2. The number of nitrogens with one attached hydrogen (secondary N) is 1. The highest BCUT2D eigenvalue weighted by molar-refractivity contribution is 6.42. The molecule has 0 unspecified atom stereocenters. The summed E-state index contributed by atoms with van der Waals surface area (Å²) in [6.45, 7) is 6.17. The van der Waals surface area contributed by atoms with Crippen LogP contribution in [0, 0.1) is 0 Å². The van der Waals surface area contributed by atoms with Crippen molar-refractivity contribution in [3.8, 4) is 0 Å². The number of carbonyl (C=O) groups is 1. The number of pyridine rings is 1. The van der Waals surface area contributed by atoms with E-state index < -0.39 is 5.97 Å². The smallest absolute Gasteiger partial charge is 0.365 e. The maximum absolute atomic E-state index is 12.1. The largest absolute Gasteiger partial charge is 0.464 e. The molecule has 2 rings (SSSR count). The third kappa shape index (κ3) is 4.56. The van der Waals surface area contributed by atoms with Crippen molar-refractivity contribution in [2.75, 3.05) is 30.5 Å². The Bertz CT molecular complexity index is 737. The number of hydrogen-bond acceptors (Lipinski definition) is 5. The maximum atomic E-state index is 12.1. The van der Waals surface area contributed by atoms with Crippen molar-refractivity contribution >= 4 is 23.1 Å². The standard InChI is InChI=1S/C19H24N4O2/c1-5-23(6-2)16-12-10-15(11-13-16)20-21-18(19(24)25-4)17-9-7-8-14-22(17)3/h7-14H,5-6H2,1-4H3/p+1. The number of ether oxygens (including phenoxy) is 1. The molecule has 0 saturated heterocycles. The van der Waals surface area contributed by atoms with Crippen molar-refractivity contribution in [1.82, 2.24) is 0 Å². The molecule has 0 spiro atoms. The summed E-state index contributed by atoms with van der Waals surface area (Å²) in [5.74, 6) is -0.492. The van der Waals surface area contributed by atoms with E-state index in [4.69, 9.17) is 4.74 Å². The fourth-order valence-corrected chi connectivity index (χ4v) is 2.53. The van der Waals surface area contributed by atoms with E-state index >= 15 is 0 Å². The van der Waals surface area contributed by atoms with Crippen molar-refractivity contribution in [3.63, 3.8) is 0 Å². The topological polar surface area (TPSA) is 57.8 Å². The molecule has 6 heteroatoms. The van der Waals surface area contributed by atoms with Crippen molar-refractivity contribution in [2.45, 2.75) is 13.8 Å².